The molecule has 2 aliphatic heterocycles. The van der Waals surface area contributed by atoms with Crippen LogP contribution < -0.4 is 0 Å². The van der Waals surface area contributed by atoms with Gasteiger partial charge in [-0.2, -0.15) is 0 Å². The number of likely N-dealkylation sites (tertiary alicyclic amines) is 1. The van der Waals surface area contributed by atoms with Crippen LogP contribution in [0.4, 0.5) is 0 Å². The maximum absolute atomic E-state index is 13.1. The summed E-state index contributed by atoms with van der Waals surface area (Å²) >= 11 is 1.43. The Hall–Kier alpha value is -1.23. The third-order valence-electron chi connectivity index (χ3n) is 5.15. The molecule has 3 heterocycles. The zero-order valence-corrected chi connectivity index (χ0v) is 19.1. The molecule has 0 aromatic carbocycles. The van der Waals surface area contributed by atoms with Crippen molar-refractivity contribution in [2.24, 2.45) is 11.8 Å². The number of rotatable bonds is 5. The van der Waals surface area contributed by atoms with Crippen LogP contribution in [0.2, 0.25) is 0 Å². The second-order valence-corrected chi connectivity index (χ2v) is 10.7. The average Bonchev–Trinajstić information content (AvgIpc) is 3.18. The van der Waals surface area contributed by atoms with E-state index in [-0.39, 0.29) is 24.2 Å². The number of nitrogens with zero attached hydrogens (tertiary/aromatic N) is 4. The van der Waals surface area contributed by atoms with Gasteiger partial charge in [0.25, 0.3) is 5.91 Å². The van der Waals surface area contributed by atoms with Crippen LogP contribution in [-0.2, 0) is 21.4 Å². The normalized spacial score (nSPS) is 24.8. The topological polar surface area (TPSA) is 90.9 Å². The van der Waals surface area contributed by atoms with Crippen LogP contribution in [0.5, 0.6) is 0 Å². The van der Waals surface area contributed by atoms with Crippen molar-refractivity contribution in [3.05, 3.63) is 16.1 Å². The highest BCUT2D eigenvalue weighted by molar-refractivity contribution is 7.88. The van der Waals surface area contributed by atoms with Gasteiger partial charge in [0, 0.05) is 18.5 Å². The van der Waals surface area contributed by atoms with Gasteiger partial charge in [-0.05, 0) is 26.4 Å². The largest absolute Gasteiger partial charge is 0.331 e. The Morgan fingerprint density at radius 2 is 2.04 bits per heavy atom. The fourth-order valence-corrected chi connectivity index (χ4v) is 6.23. The van der Waals surface area contributed by atoms with E-state index >= 15 is 0 Å². The van der Waals surface area contributed by atoms with Crippen molar-refractivity contribution in [2.45, 2.75) is 38.9 Å². The van der Waals surface area contributed by atoms with E-state index in [1.54, 1.807) is 10.3 Å². The molecule has 2 saturated heterocycles. The van der Waals surface area contributed by atoms with Crippen molar-refractivity contribution < 1.29 is 18.0 Å². The van der Waals surface area contributed by atoms with Crippen LogP contribution in [0, 0.1) is 11.8 Å². The van der Waals surface area contributed by atoms with Gasteiger partial charge in [0.2, 0.25) is 15.9 Å². The zero-order valence-electron chi connectivity index (χ0n) is 16.7. The lowest BCUT2D eigenvalue weighted by Gasteiger charge is -2.28. The molecule has 0 aliphatic carbocycles. The molecule has 2 amide bonds. The van der Waals surface area contributed by atoms with E-state index in [0.717, 1.165) is 15.6 Å². The third-order valence-corrected chi connectivity index (χ3v) is 7.15. The Morgan fingerprint density at radius 3 is 2.57 bits per heavy atom. The molecule has 8 nitrogen and oxygen atoms in total. The molecule has 3 rings (SSSR count). The predicted molar refractivity (Wildman–Crippen MR) is 110 cm³/mol. The van der Waals surface area contributed by atoms with Gasteiger partial charge >= 0.3 is 0 Å². The number of fused-ring (bicyclic) bond motifs is 1. The van der Waals surface area contributed by atoms with Gasteiger partial charge in [-0.25, -0.2) is 17.7 Å². The highest BCUT2D eigenvalue weighted by Gasteiger charge is 2.58. The first kappa shape index (κ1) is 23.1. The molecular formula is C17H27ClN4O4S2. The summed E-state index contributed by atoms with van der Waals surface area (Å²) in [7, 11) is 0.203. The number of halogens is 1. The molecule has 0 spiro atoms. The lowest BCUT2D eigenvalue weighted by Crippen LogP contribution is -2.44. The third kappa shape index (κ3) is 4.05. The van der Waals surface area contributed by atoms with Gasteiger partial charge in [0.1, 0.15) is 10.7 Å². The highest BCUT2D eigenvalue weighted by Crippen LogP contribution is 2.41. The van der Waals surface area contributed by atoms with Gasteiger partial charge in [-0.15, -0.1) is 23.7 Å². The molecule has 3 atom stereocenters. The summed E-state index contributed by atoms with van der Waals surface area (Å²) in [5.41, 5.74) is 0.366. The molecule has 1 aromatic heterocycles. The number of amides is 2. The van der Waals surface area contributed by atoms with Crippen LogP contribution in [0.1, 0.15) is 35.8 Å². The maximum Gasteiger partial charge on any atom is 0.273 e. The Morgan fingerprint density at radius 1 is 1.39 bits per heavy atom. The van der Waals surface area contributed by atoms with Crippen molar-refractivity contribution in [1.82, 2.24) is 19.1 Å². The van der Waals surface area contributed by atoms with Crippen LogP contribution >= 0.6 is 23.7 Å². The van der Waals surface area contributed by atoms with Crippen molar-refractivity contribution in [3.8, 4) is 0 Å². The number of sulfonamides is 1. The first-order valence-electron chi connectivity index (χ1n) is 8.95. The summed E-state index contributed by atoms with van der Waals surface area (Å²) in [6.07, 6.45) is 1.52. The first-order valence-corrected chi connectivity index (χ1v) is 11.7. The second-order valence-electron chi connectivity index (χ2n) is 7.88. The minimum atomic E-state index is -3.67. The Balaban J connectivity index is 0.00000280. The summed E-state index contributed by atoms with van der Waals surface area (Å²) < 4.78 is 25.4. The Bertz CT molecular complexity index is 855. The SMILES string of the molecule is CC(C)[C@@H]1C(=O)N(S(C)(=O)=O)[C@@H]2CCN(C(=O)c3csc(CN(C)C)n3)[C@H]21.Cl. The molecule has 0 unspecified atom stereocenters. The van der Waals surface area contributed by atoms with Gasteiger partial charge < -0.3 is 9.80 Å². The van der Waals surface area contributed by atoms with E-state index in [1.807, 2.05) is 32.8 Å². The van der Waals surface area contributed by atoms with Crippen LogP contribution in [0.15, 0.2) is 5.38 Å². The summed E-state index contributed by atoms with van der Waals surface area (Å²) in [6, 6.07) is -0.914. The summed E-state index contributed by atoms with van der Waals surface area (Å²) in [4.78, 5) is 34.0. The zero-order chi connectivity index (χ0) is 20.1. The minimum absolute atomic E-state index is 0. The quantitative estimate of drug-likeness (QED) is 0.671. The molecule has 2 aliphatic rings. The molecule has 2 fully saturated rings. The number of hydrogen-bond donors (Lipinski definition) is 0. The van der Waals surface area contributed by atoms with Gasteiger partial charge in [0.15, 0.2) is 0 Å². The maximum atomic E-state index is 13.1. The summed E-state index contributed by atoms with van der Waals surface area (Å²) in [6.45, 7) is 4.87. The molecule has 28 heavy (non-hydrogen) atoms. The van der Waals surface area contributed by atoms with E-state index in [4.69, 9.17) is 0 Å². The van der Waals surface area contributed by atoms with E-state index in [2.05, 4.69) is 4.98 Å². The van der Waals surface area contributed by atoms with Gasteiger partial charge in [0.05, 0.1) is 24.3 Å². The number of carbonyl (C=O) groups excluding carboxylic acids is 2. The molecule has 0 bridgehead atoms. The number of hydrogen-bond acceptors (Lipinski definition) is 7. The highest BCUT2D eigenvalue weighted by atomic mass is 35.5. The monoisotopic (exact) mass is 450 g/mol. The fourth-order valence-electron chi connectivity index (χ4n) is 4.17. The fraction of sp³-hybridized carbons (Fsp3) is 0.706. The molecule has 1 aromatic rings. The smallest absolute Gasteiger partial charge is 0.273 e. The predicted octanol–water partition coefficient (Wildman–Crippen LogP) is 1.28. The lowest BCUT2D eigenvalue weighted by molar-refractivity contribution is -0.129. The average molecular weight is 451 g/mol. The number of aromatic nitrogens is 1. The number of carbonyl (C=O) groups is 2. The first-order chi connectivity index (χ1) is 12.5. The van der Waals surface area contributed by atoms with E-state index in [1.165, 1.54) is 11.3 Å². The minimum Gasteiger partial charge on any atom is -0.331 e. The van der Waals surface area contributed by atoms with Crippen molar-refractivity contribution in [1.29, 1.82) is 0 Å². The van der Waals surface area contributed by atoms with Crippen molar-refractivity contribution in [3.63, 3.8) is 0 Å². The summed E-state index contributed by atoms with van der Waals surface area (Å²) in [5.74, 6) is -1.20. The molecule has 0 N–H and O–H groups in total. The van der Waals surface area contributed by atoms with Crippen LogP contribution in [0.3, 0.4) is 0 Å². The standard InChI is InChI=1S/C17H26N4O4S2.ClH/c1-10(2)14-15-12(21(17(14)23)27(5,24)25)6-7-20(15)16(22)11-9-26-13(18-11)8-19(3)4;/h9-10,12,14-15H,6-8H2,1-5H3;1H/t12-,14+,15-;/m1./s1. The molecular weight excluding hydrogens is 424 g/mol. The van der Waals surface area contributed by atoms with E-state index < -0.39 is 33.9 Å². The second kappa shape index (κ2) is 8.25. The van der Waals surface area contributed by atoms with Crippen molar-refractivity contribution in [2.75, 3.05) is 26.9 Å². The van der Waals surface area contributed by atoms with E-state index in [9.17, 15) is 18.0 Å². The van der Waals surface area contributed by atoms with Gasteiger partial charge in [-0.3, -0.25) is 9.59 Å². The number of thiazole rings is 1. The van der Waals surface area contributed by atoms with Gasteiger partial charge in [-0.1, -0.05) is 13.8 Å². The summed E-state index contributed by atoms with van der Waals surface area (Å²) in [5, 5.41) is 2.59. The Kier molecular flexibility index (Phi) is 6.79. The Labute approximate surface area is 176 Å². The molecule has 0 radical (unpaired) electrons. The molecule has 0 saturated carbocycles. The molecule has 158 valence electrons. The lowest BCUT2D eigenvalue weighted by atomic mass is 9.88. The molecule has 11 heteroatoms. The van der Waals surface area contributed by atoms with Crippen LogP contribution in [-0.4, -0.2) is 78.3 Å². The van der Waals surface area contributed by atoms with Crippen LogP contribution in [0.25, 0.3) is 0 Å². The van der Waals surface area contributed by atoms with E-state index in [0.29, 0.717) is 25.2 Å². The van der Waals surface area contributed by atoms with Crippen molar-refractivity contribution >= 4 is 45.6 Å².